The number of carbonyl (C=O) groups is 2. The van der Waals surface area contributed by atoms with Gasteiger partial charge >= 0.3 is 11.9 Å². The topological polar surface area (TPSA) is 82.1 Å². The zero-order valence-electron chi connectivity index (χ0n) is 19.4. The molecule has 4 rings (SSSR count). The quantitative estimate of drug-likeness (QED) is 0.252. The molecule has 6 nitrogen and oxygen atoms in total. The van der Waals surface area contributed by atoms with Crippen LogP contribution in [0.25, 0.3) is 10.8 Å². The van der Waals surface area contributed by atoms with Crippen LogP contribution in [0.2, 0.25) is 0 Å². The van der Waals surface area contributed by atoms with E-state index in [1.165, 1.54) is 0 Å². The van der Waals surface area contributed by atoms with E-state index in [1.54, 1.807) is 55.6 Å². The Morgan fingerprint density at radius 2 is 1.06 bits per heavy atom. The first-order valence-corrected chi connectivity index (χ1v) is 11.3. The molecule has 0 spiro atoms. The number of carbonyl (C=O) groups excluding carboxylic acids is 2. The minimum Gasteiger partial charge on any atom is -0.508 e. The lowest BCUT2D eigenvalue weighted by atomic mass is 10.1. The number of hydrogen-bond donors (Lipinski definition) is 1. The lowest BCUT2D eigenvalue weighted by molar-refractivity contribution is -0.135. The van der Waals surface area contributed by atoms with Gasteiger partial charge in [-0.3, -0.25) is 9.59 Å². The molecular weight excluding hydrogens is 444 g/mol. The molecule has 35 heavy (non-hydrogen) atoms. The van der Waals surface area contributed by atoms with Gasteiger partial charge in [0.1, 0.15) is 23.0 Å². The number of rotatable bonds is 9. The highest BCUT2D eigenvalue weighted by Gasteiger charge is 2.09. The normalized spacial score (nSPS) is 10.7. The minimum atomic E-state index is -0.333. The average Bonchev–Trinajstić information content (AvgIpc) is 2.87. The third-order valence-corrected chi connectivity index (χ3v) is 5.58. The number of fused-ring (bicyclic) bond motifs is 1. The van der Waals surface area contributed by atoms with E-state index in [4.69, 9.17) is 14.2 Å². The Balaban J connectivity index is 1.30. The molecule has 0 bridgehead atoms. The van der Waals surface area contributed by atoms with Crippen molar-refractivity contribution in [1.29, 1.82) is 0 Å². The van der Waals surface area contributed by atoms with Crippen LogP contribution in [-0.2, 0) is 22.4 Å². The fourth-order valence-corrected chi connectivity index (χ4v) is 3.64. The SMILES string of the molecule is COc1ccc(CCC(=O)Oc2ccc3cc(OC(=O)CCc4ccc(O)cc4)ccc3c2)cc1. The van der Waals surface area contributed by atoms with Crippen LogP contribution in [0.4, 0.5) is 0 Å². The number of aromatic hydroxyl groups is 1. The van der Waals surface area contributed by atoms with E-state index in [-0.39, 0.29) is 30.5 Å². The van der Waals surface area contributed by atoms with E-state index in [1.807, 2.05) is 36.4 Å². The van der Waals surface area contributed by atoms with E-state index in [2.05, 4.69) is 0 Å². The molecule has 0 aliphatic heterocycles. The summed E-state index contributed by atoms with van der Waals surface area (Å²) in [5.74, 6) is 1.26. The van der Waals surface area contributed by atoms with Gasteiger partial charge in [0.15, 0.2) is 0 Å². The predicted octanol–water partition coefficient (Wildman–Crippen LogP) is 5.63. The van der Waals surface area contributed by atoms with Gasteiger partial charge in [-0.25, -0.2) is 0 Å². The Kier molecular flexibility index (Phi) is 7.63. The number of methoxy groups -OCH3 is 1. The lowest BCUT2D eigenvalue weighted by Crippen LogP contribution is -2.09. The minimum absolute atomic E-state index is 0.193. The molecule has 178 valence electrons. The van der Waals surface area contributed by atoms with Crippen molar-refractivity contribution in [2.45, 2.75) is 25.7 Å². The molecule has 4 aromatic rings. The summed E-state index contributed by atoms with van der Waals surface area (Å²) in [4.78, 5) is 24.5. The predicted molar refractivity (Wildman–Crippen MR) is 133 cm³/mol. The second kappa shape index (κ2) is 11.2. The summed E-state index contributed by atoms with van der Waals surface area (Å²) in [6, 6.07) is 25.0. The van der Waals surface area contributed by atoms with Crippen molar-refractivity contribution >= 4 is 22.7 Å². The summed E-state index contributed by atoms with van der Waals surface area (Å²) in [6.45, 7) is 0. The smallest absolute Gasteiger partial charge is 0.311 e. The summed E-state index contributed by atoms with van der Waals surface area (Å²) < 4.78 is 16.1. The molecule has 0 aliphatic carbocycles. The Morgan fingerprint density at radius 3 is 1.51 bits per heavy atom. The van der Waals surface area contributed by atoms with E-state index < -0.39 is 0 Å². The van der Waals surface area contributed by atoms with Crippen LogP contribution in [0, 0.1) is 0 Å². The number of phenolic OH excluding ortho intramolecular Hbond substituents is 1. The van der Waals surface area contributed by atoms with Gasteiger partial charge in [-0.1, -0.05) is 36.4 Å². The van der Waals surface area contributed by atoms with Crippen LogP contribution < -0.4 is 14.2 Å². The van der Waals surface area contributed by atoms with Gasteiger partial charge < -0.3 is 19.3 Å². The number of esters is 2. The largest absolute Gasteiger partial charge is 0.508 e. The Labute approximate surface area is 203 Å². The average molecular weight is 471 g/mol. The lowest BCUT2D eigenvalue weighted by Gasteiger charge is -2.08. The van der Waals surface area contributed by atoms with Gasteiger partial charge in [0.25, 0.3) is 0 Å². The van der Waals surface area contributed by atoms with Crippen molar-refractivity contribution in [3.63, 3.8) is 0 Å². The molecular formula is C29H26O6. The fraction of sp³-hybridized carbons (Fsp3) is 0.172. The first-order chi connectivity index (χ1) is 17.0. The van der Waals surface area contributed by atoms with Crippen LogP contribution in [0.3, 0.4) is 0 Å². The van der Waals surface area contributed by atoms with Crippen molar-refractivity contribution in [1.82, 2.24) is 0 Å². The van der Waals surface area contributed by atoms with Gasteiger partial charge in [-0.2, -0.15) is 0 Å². The van der Waals surface area contributed by atoms with Crippen molar-refractivity contribution in [2.24, 2.45) is 0 Å². The van der Waals surface area contributed by atoms with E-state index >= 15 is 0 Å². The van der Waals surface area contributed by atoms with Crippen LogP contribution in [0.5, 0.6) is 23.0 Å². The molecule has 0 heterocycles. The van der Waals surface area contributed by atoms with Crippen LogP contribution in [0.15, 0.2) is 84.9 Å². The monoisotopic (exact) mass is 470 g/mol. The molecule has 0 saturated carbocycles. The van der Waals surface area contributed by atoms with Crippen molar-refractivity contribution in [2.75, 3.05) is 7.11 Å². The third-order valence-electron chi connectivity index (χ3n) is 5.58. The van der Waals surface area contributed by atoms with Gasteiger partial charge in [-0.05, 0) is 83.3 Å². The Bertz CT molecular complexity index is 1310. The van der Waals surface area contributed by atoms with Gasteiger partial charge in [0, 0.05) is 12.8 Å². The molecule has 0 atom stereocenters. The van der Waals surface area contributed by atoms with Crippen LogP contribution in [0.1, 0.15) is 24.0 Å². The fourth-order valence-electron chi connectivity index (χ4n) is 3.64. The first-order valence-electron chi connectivity index (χ1n) is 11.3. The summed E-state index contributed by atoms with van der Waals surface area (Å²) in [7, 11) is 1.62. The van der Waals surface area contributed by atoms with Crippen molar-refractivity contribution in [3.05, 3.63) is 96.1 Å². The highest BCUT2D eigenvalue weighted by Crippen LogP contribution is 2.26. The highest BCUT2D eigenvalue weighted by molar-refractivity contribution is 5.87. The first kappa shape index (κ1) is 23.8. The number of ether oxygens (including phenoxy) is 3. The van der Waals surface area contributed by atoms with E-state index in [0.29, 0.717) is 24.3 Å². The van der Waals surface area contributed by atoms with Crippen molar-refractivity contribution < 1.29 is 28.9 Å². The molecule has 0 aromatic heterocycles. The number of hydrogen-bond acceptors (Lipinski definition) is 6. The summed E-state index contributed by atoms with van der Waals surface area (Å²) in [6.07, 6.45) is 1.61. The van der Waals surface area contributed by atoms with Crippen molar-refractivity contribution in [3.8, 4) is 23.0 Å². The zero-order valence-corrected chi connectivity index (χ0v) is 19.4. The second-order valence-electron chi connectivity index (χ2n) is 8.13. The maximum atomic E-state index is 12.3. The van der Waals surface area contributed by atoms with Gasteiger partial charge in [0.05, 0.1) is 7.11 Å². The van der Waals surface area contributed by atoms with Gasteiger partial charge in [0.2, 0.25) is 0 Å². The molecule has 1 N–H and O–H groups in total. The van der Waals surface area contributed by atoms with Gasteiger partial charge in [-0.15, -0.1) is 0 Å². The summed E-state index contributed by atoms with van der Waals surface area (Å²) in [5, 5.41) is 11.1. The number of aryl methyl sites for hydroxylation is 2. The van der Waals surface area contributed by atoms with E-state index in [9.17, 15) is 14.7 Å². The molecule has 4 aromatic carbocycles. The standard InChI is InChI=1S/C29H26O6/c1-33-25-12-4-21(5-13-25)7-17-29(32)35-27-15-9-22-18-26(14-8-23(22)19-27)34-28(31)16-6-20-2-10-24(30)11-3-20/h2-5,8-15,18-19,30H,6-7,16-17H2,1H3. The summed E-state index contributed by atoms with van der Waals surface area (Å²) in [5.41, 5.74) is 1.98. The molecule has 6 heteroatoms. The Hall–Kier alpha value is -4.32. The molecule has 0 saturated heterocycles. The maximum absolute atomic E-state index is 12.3. The van der Waals surface area contributed by atoms with Crippen LogP contribution in [-0.4, -0.2) is 24.2 Å². The Morgan fingerprint density at radius 1 is 0.629 bits per heavy atom. The number of benzene rings is 4. The molecule has 0 unspecified atom stereocenters. The second-order valence-corrected chi connectivity index (χ2v) is 8.13. The maximum Gasteiger partial charge on any atom is 0.311 e. The molecule has 0 radical (unpaired) electrons. The molecule has 0 aliphatic rings. The molecule has 0 fully saturated rings. The highest BCUT2D eigenvalue weighted by atomic mass is 16.5. The number of phenols is 1. The zero-order chi connectivity index (χ0) is 24.6. The third kappa shape index (κ3) is 6.84. The van der Waals surface area contributed by atoms with Crippen LogP contribution >= 0.6 is 0 Å². The summed E-state index contributed by atoms with van der Waals surface area (Å²) >= 11 is 0. The molecule has 0 amide bonds. The van der Waals surface area contributed by atoms with E-state index in [0.717, 1.165) is 27.6 Å².